The minimum Gasteiger partial charge on any atom is -0.468 e. The summed E-state index contributed by atoms with van der Waals surface area (Å²) in [4.78, 5) is 11.7. The van der Waals surface area contributed by atoms with E-state index in [9.17, 15) is 4.79 Å². The van der Waals surface area contributed by atoms with Gasteiger partial charge in [-0.1, -0.05) is 6.92 Å². The first-order chi connectivity index (χ1) is 7.96. The molecule has 0 aliphatic carbocycles. The SMILES string of the molecule is CCCNC(C)(CCCOC(C)C)C(=O)OC. The van der Waals surface area contributed by atoms with Crippen LogP contribution >= 0.6 is 0 Å². The highest BCUT2D eigenvalue weighted by molar-refractivity contribution is 5.80. The van der Waals surface area contributed by atoms with Crippen LogP contribution in [0.5, 0.6) is 0 Å². The summed E-state index contributed by atoms with van der Waals surface area (Å²) in [6.07, 6.45) is 2.81. The summed E-state index contributed by atoms with van der Waals surface area (Å²) < 4.78 is 10.3. The van der Waals surface area contributed by atoms with E-state index >= 15 is 0 Å². The molecule has 0 fully saturated rings. The summed E-state index contributed by atoms with van der Waals surface area (Å²) in [7, 11) is 1.43. The van der Waals surface area contributed by atoms with Gasteiger partial charge in [0.25, 0.3) is 0 Å². The van der Waals surface area contributed by atoms with Crippen molar-refractivity contribution in [3.63, 3.8) is 0 Å². The standard InChI is InChI=1S/C13H27NO3/c1-6-9-14-13(4,12(15)16-5)8-7-10-17-11(2)3/h11,14H,6-10H2,1-5H3. The van der Waals surface area contributed by atoms with E-state index in [-0.39, 0.29) is 12.1 Å². The Kier molecular flexibility index (Phi) is 8.17. The second-order valence-corrected chi connectivity index (χ2v) is 4.77. The minimum atomic E-state index is -0.592. The molecule has 1 atom stereocenters. The van der Waals surface area contributed by atoms with Crippen LogP contribution < -0.4 is 5.32 Å². The third-order valence-corrected chi connectivity index (χ3v) is 2.67. The summed E-state index contributed by atoms with van der Waals surface area (Å²) in [5, 5.41) is 3.25. The molecule has 0 radical (unpaired) electrons. The molecular formula is C13H27NO3. The van der Waals surface area contributed by atoms with E-state index in [4.69, 9.17) is 9.47 Å². The van der Waals surface area contributed by atoms with Gasteiger partial charge in [0.05, 0.1) is 13.2 Å². The molecule has 0 saturated carbocycles. The molecule has 0 amide bonds. The molecule has 0 aromatic rings. The highest BCUT2D eigenvalue weighted by atomic mass is 16.5. The van der Waals surface area contributed by atoms with E-state index in [2.05, 4.69) is 12.2 Å². The molecule has 17 heavy (non-hydrogen) atoms. The molecular weight excluding hydrogens is 218 g/mol. The quantitative estimate of drug-likeness (QED) is 0.499. The molecule has 0 aliphatic rings. The largest absolute Gasteiger partial charge is 0.468 e. The highest BCUT2D eigenvalue weighted by Crippen LogP contribution is 2.15. The van der Waals surface area contributed by atoms with Gasteiger partial charge in [-0.15, -0.1) is 0 Å². The number of hydrogen-bond acceptors (Lipinski definition) is 4. The fourth-order valence-corrected chi connectivity index (χ4v) is 1.63. The van der Waals surface area contributed by atoms with Crippen LogP contribution in [0.2, 0.25) is 0 Å². The summed E-state index contributed by atoms with van der Waals surface area (Å²) >= 11 is 0. The van der Waals surface area contributed by atoms with Crippen molar-refractivity contribution in [2.75, 3.05) is 20.3 Å². The number of carbonyl (C=O) groups is 1. The monoisotopic (exact) mass is 245 g/mol. The maximum absolute atomic E-state index is 11.7. The molecule has 4 nitrogen and oxygen atoms in total. The lowest BCUT2D eigenvalue weighted by Crippen LogP contribution is -2.50. The van der Waals surface area contributed by atoms with Crippen molar-refractivity contribution in [2.24, 2.45) is 0 Å². The molecule has 0 spiro atoms. The molecule has 0 aromatic heterocycles. The molecule has 102 valence electrons. The van der Waals surface area contributed by atoms with Gasteiger partial charge in [-0.05, 0) is 46.6 Å². The number of carbonyl (C=O) groups excluding carboxylic acids is 1. The van der Waals surface area contributed by atoms with Gasteiger partial charge in [0, 0.05) is 6.61 Å². The van der Waals surface area contributed by atoms with Crippen molar-refractivity contribution in [2.45, 2.75) is 58.6 Å². The Balaban J connectivity index is 4.14. The Morgan fingerprint density at radius 2 is 2.06 bits per heavy atom. The normalized spacial score (nSPS) is 14.7. The summed E-state index contributed by atoms with van der Waals surface area (Å²) in [5.41, 5.74) is -0.592. The maximum Gasteiger partial charge on any atom is 0.325 e. The van der Waals surface area contributed by atoms with Gasteiger partial charge in [0.1, 0.15) is 5.54 Å². The number of methoxy groups -OCH3 is 1. The van der Waals surface area contributed by atoms with E-state index in [1.807, 2.05) is 20.8 Å². The lowest BCUT2D eigenvalue weighted by molar-refractivity contribution is -0.148. The van der Waals surface area contributed by atoms with Crippen LogP contribution in [0.15, 0.2) is 0 Å². The third kappa shape index (κ3) is 6.64. The summed E-state index contributed by atoms with van der Waals surface area (Å²) in [5.74, 6) is -0.199. The van der Waals surface area contributed by atoms with Crippen LogP contribution in [-0.2, 0) is 14.3 Å². The predicted octanol–water partition coefficient (Wildman–Crippen LogP) is 2.12. The fourth-order valence-electron chi connectivity index (χ4n) is 1.63. The molecule has 0 heterocycles. The van der Waals surface area contributed by atoms with E-state index in [0.717, 1.165) is 25.8 Å². The van der Waals surface area contributed by atoms with Crippen molar-refractivity contribution in [3.8, 4) is 0 Å². The highest BCUT2D eigenvalue weighted by Gasteiger charge is 2.32. The molecule has 0 bridgehead atoms. The van der Waals surface area contributed by atoms with Crippen molar-refractivity contribution in [3.05, 3.63) is 0 Å². The van der Waals surface area contributed by atoms with Crippen LogP contribution in [0.1, 0.15) is 47.0 Å². The Morgan fingerprint density at radius 3 is 2.53 bits per heavy atom. The van der Waals surface area contributed by atoms with Crippen molar-refractivity contribution < 1.29 is 14.3 Å². The van der Waals surface area contributed by atoms with Crippen molar-refractivity contribution >= 4 is 5.97 Å². The zero-order valence-electron chi connectivity index (χ0n) is 11.8. The van der Waals surface area contributed by atoms with Crippen LogP contribution in [-0.4, -0.2) is 37.9 Å². The zero-order valence-corrected chi connectivity index (χ0v) is 11.8. The van der Waals surface area contributed by atoms with Crippen molar-refractivity contribution in [1.82, 2.24) is 5.32 Å². The number of esters is 1. The average molecular weight is 245 g/mol. The molecule has 0 aromatic carbocycles. The zero-order chi connectivity index (χ0) is 13.3. The number of nitrogens with one attached hydrogen (secondary N) is 1. The topological polar surface area (TPSA) is 47.6 Å². The Bertz CT molecular complexity index is 219. The number of hydrogen-bond donors (Lipinski definition) is 1. The van der Waals surface area contributed by atoms with E-state index in [1.54, 1.807) is 0 Å². The first-order valence-electron chi connectivity index (χ1n) is 6.41. The Hall–Kier alpha value is -0.610. The Morgan fingerprint density at radius 1 is 1.41 bits per heavy atom. The molecule has 0 aliphatic heterocycles. The van der Waals surface area contributed by atoms with E-state index < -0.39 is 5.54 Å². The van der Waals surface area contributed by atoms with E-state index in [1.165, 1.54) is 7.11 Å². The van der Waals surface area contributed by atoms with Gasteiger partial charge in [-0.2, -0.15) is 0 Å². The molecule has 1 N–H and O–H groups in total. The molecule has 0 rings (SSSR count). The smallest absolute Gasteiger partial charge is 0.325 e. The first kappa shape index (κ1) is 16.4. The van der Waals surface area contributed by atoms with Gasteiger partial charge in [0.15, 0.2) is 0 Å². The Labute approximate surface area is 105 Å². The first-order valence-corrected chi connectivity index (χ1v) is 6.41. The lowest BCUT2D eigenvalue weighted by atomic mass is 9.96. The summed E-state index contributed by atoms with van der Waals surface area (Å²) in [6.45, 7) is 9.48. The molecule has 0 saturated heterocycles. The average Bonchev–Trinajstić information content (AvgIpc) is 2.30. The van der Waals surface area contributed by atoms with E-state index in [0.29, 0.717) is 6.61 Å². The van der Waals surface area contributed by atoms with Gasteiger partial charge >= 0.3 is 5.97 Å². The maximum atomic E-state index is 11.7. The molecule has 1 unspecified atom stereocenters. The second kappa shape index (κ2) is 8.48. The lowest BCUT2D eigenvalue weighted by Gasteiger charge is -2.28. The molecule has 4 heteroatoms. The van der Waals surface area contributed by atoms with Gasteiger partial charge in [-0.3, -0.25) is 4.79 Å². The number of rotatable bonds is 9. The van der Waals surface area contributed by atoms with Crippen LogP contribution in [0.3, 0.4) is 0 Å². The summed E-state index contributed by atoms with van der Waals surface area (Å²) in [6, 6.07) is 0. The van der Waals surface area contributed by atoms with Crippen molar-refractivity contribution in [1.29, 1.82) is 0 Å². The van der Waals surface area contributed by atoms with Gasteiger partial charge in [0.2, 0.25) is 0 Å². The van der Waals surface area contributed by atoms with Gasteiger partial charge in [-0.25, -0.2) is 0 Å². The van der Waals surface area contributed by atoms with Crippen LogP contribution in [0.25, 0.3) is 0 Å². The fraction of sp³-hybridized carbons (Fsp3) is 0.923. The van der Waals surface area contributed by atoms with Gasteiger partial charge < -0.3 is 14.8 Å². The minimum absolute atomic E-state index is 0.199. The van der Waals surface area contributed by atoms with Crippen LogP contribution in [0, 0.1) is 0 Å². The van der Waals surface area contributed by atoms with Crippen LogP contribution in [0.4, 0.5) is 0 Å². The number of ether oxygens (including phenoxy) is 2. The second-order valence-electron chi connectivity index (χ2n) is 4.77. The predicted molar refractivity (Wildman–Crippen MR) is 69.0 cm³/mol. The third-order valence-electron chi connectivity index (χ3n) is 2.67.